The molecule has 5 rings (SSSR count). The van der Waals surface area contributed by atoms with E-state index < -0.39 is 17.6 Å². The van der Waals surface area contributed by atoms with Crippen molar-refractivity contribution in [3.63, 3.8) is 0 Å². The van der Waals surface area contributed by atoms with E-state index in [1.807, 2.05) is 0 Å². The number of carbonyl (C=O) groups excluding carboxylic acids is 1. The van der Waals surface area contributed by atoms with Gasteiger partial charge in [0.2, 0.25) is 5.78 Å². The Bertz CT molecular complexity index is 1410. The fourth-order valence-electron chi connectivity index (χ4n) is 5.81. The molecule has 2 fully saturated rings. The van der Waals surface area contributed by atoms with Crippen molar-refractivity contribution >= 4 is 28.1 Å². The van der Waals surface area contributed by atoms with Gasteiger partial charge in [-0.2, -0.15) is 13.2 Å². The number of likely N-dealkylation sites (tertiary alicyclic amines) is 1. The molecule has 0 radical (unpaired) electrons. The fraction of sp³-hybridized carbons (Fsp3) is 0.533. The standard InChI is InChI=1S/C30H37F4N7OS/c1-4-7-39-9-10-41(20(3)17-39)27-16-35-24(14-36-27)25(42)15-37-29-38-28(26(43-29)18-40-8-5-6-19(40)2)21-11-22(30(32,33)34)13-23(31)12-21/h11-14,16,19-20H,4-10,15,17-18H2,1-3H3,(H,37,38)/t19-,20-/m1/s1. The van der Waals surface area contributed by atoms with Crippen molar-refractivity contribution in [3.8, 4) is 11.3 Å². The molecule has 0 saturated carbocycles. The predicted octanol–water partition coefficient (Wildman–Crippen LogP) is 5.96. The first-order valence-corrected chi connectivity index (χ1v) is 15.5. The quantitative estimate of drug-likeness (QED) is 0.220. The summed E-state index contributed by atoms with van der Waals surface area (Å²) in [5.74, 6) is -0.550. The lowest BCUT2D eigenvalue weighted by molar-refractivity contribution is -0.137. The topological polar surface area (TPSA) is 77.5 Å². The average molecular weight is 620 g/mol. The van der Waals surface area contributed by atoms with E-state index in [1.54, 1.807) is 6.20 Å². The maximum atomic E-state index is 14.3. The first kappa shape index (κ1) is 31.3. The summed E-state index contributed by atoms with van der Waals surface area (Å²) in [7, 11) is 0. The van der Waals surface area contributed by atoms with Crippen LogP contribution in [0.2, 0.25) is 0 Å². The summed E-state index contributed by atoms with van der Waals surface area (Å²) in [6, 6.07) is 3.06. The predicted molar refractivity (Wildman–Crippen MR) is 160 cm³/mol. The highest BCUT2D eigenvalue weighted by molar-refractivity contribution is 7.16. The molecule has 0 amide bonds. The largest absolute Gasteiger partial charge is 0.416 e. The lowest BCUT2D eigenvalue weighted by atomic mass is 10.1. The number of rotatable bonds is 10. The molecule has 8 nitrogen and oxygen atoms in total. The molecule has 2 saturated heterocycles. The minimum atomic E-state index is -4.69. The normalized spacial score (nSPS) is 20.1. The van der Waals surface area contributed by atoms with Crippen molar-refractivity contribution in [2.75, 3.05) is 49.5 Å². The number of carbonyl (C=O) groups is 1. The number of benzene rings is 1. The molecule has 2 atom stereocenters. The molecule has 1 aromatic carbocycles. The number of Topliss-reactive ketones (excluding diaryl/α,β-unsaturated/α-hetero) is 1. The minimum Gasteiger partial charge on any atom is -0.354 e. The van der Waals surface area contributed by atoms with Crippen LogP contribution >= 0.6 is 11.3 Å². The molecule has 2 aromatic heterocycles. The van der Waals surface area contributed by atoms with Crippen molar-refractivity contribution in [1.29, 1.82) is 0 Å². The number of ketones is 1. The van der Waals surface area contributed by atoms with Crippen LogP contribution < -0.4 is 10.2 Å². The zero-order chi connectivity index (χ0) is 30.7. The van der Waals surface area contributed by atoms with Gasteiger partial charge < -0.3 is 10.2 Å². The van der Waals surface area contributed by atoms with Gasteiger partial charge in [-0.1, -0.05) is 6.92 Å². The maximum Gasteiger partial charge on any atom is 0.416 e. The van der Waals surface area contributed by atoms with E-state index in [-0.39, 0.29) is 35.3 Å². The first-order chi connectivity index (χ1) is 20.5. The van der Waals surface area contributed by atoms with Crippen LogP contribution in [-0.4, -0.2) is 81.9 Å². The molecular weight excluding hydrogens is 582 g/mol. The van der Waals surface area contributed by atoms with Crippen molar-refractivity contribution in [2.24, 2.45) is 0 Å². The van der Waals surface area contributed by atoms with Crippen LogP contribution in [0.3, 0.4) is 0 Å². The molecule has 13 heteroatoms. The van der Waals surface area contributed by atoms with Crippen LogP contribution in [0.25, 0.3) is 11.3 Å². The zero-order valence-electron chi connectivity index (χ0n) is 24.6. The van der Waals surface area contributed by atoms with E-state index >= 15 is 0 Å². The summed E-state index contributed by atoms with van der Waals surface area (Å²) in [6.45, 7) is 11.4. The lowest BCUT2D eigenvalue weighted by Crippen LogP contribution is -2.52. The number of piperazine rings is 1. The summed E-state index contributed by atoms with van der Waals surface area (Å²) in [4.78, 5) is 34.0. The fourth-order valence-corrected chi connectivity index (χ4v) is 6.82. The number of hydrogen-bond donors (Lipinski definition) is 1. The number of hydrogen-bond acceptors (Lipinski definition) is 9. The van der Waals surface area contributed by atoms with Crippen molar-refractivity contribution in [3.05, 3.63) is 52.5 Å². The summed E-state index contributed by atoms with van der Waals surface area (Å²) >= 11 is 1.26. The number of alkyl halides is 3. The van der Waals surface area contributed by atoms with E-state index in [4.69, 9.17) is 0 Å². The van der Waals surface area contributed by atoms with Crippen LogP contribution in [0.15, 0.2) is 30.6 Å². The number of aromatic nitrogens is 3. The van der Waals surface area contributed by atoms with Crippen molar-refractivity contribution in [2.45, 2.75) is 64.8 Å². The number of nitrogens with one attached hydrogen (secondary N) is 1. The molecule has 2 aliphatic rings. The molecule has 0 spiro atoms. The van der Waals surface area contributed by atoms with E-state index in [9.17, 15) is 22.4 Å². The SMILES string of the molecule is CCCN1CCN(c2cnc(C(=O)CNc3nc(-c4cc(F)cc(C(F)(F)F)c4)c(CN4CCC[C@H]4C)s3)cn2)[C@H](C)C1. The Morgan fingerprint density at radius 2 is 1.91 bits per heavy atom. The van der Waals surface area contributed by atoms with Gasteiger partial charge in [0.1, 0.15) is 17.3 Å². The molecule has 232 valence electrons. The molecule has 1 N–H and O–H groups in total. The Labute approximate surface area is 253 Å². The highest BCUT2D eigenvalue weighted by Crippen LogP contribution is 2.37. The summed E-state index contributed by atoms with van der Waals surface area (Å²) in [6.07, 6.45) is 1.58. The molecule has 0 bridgehead atoms. The van der Waals surface area contributed by atoms with Crippen LogP contribution in [0, 0.1) is 5.82 Å². The Hall–Kier alpha value is -3.16. The highest BCUT2D eigenvalue weighted by atomic mass is 32.1. The van der Waals surface area contributed by atoms with Gasteiger partial charge >= 0.3 is 6.18 Å². The van der Waals surface area contributed by atoms with Gasteiger partial charge in [-0.15, -0.1) is 11.3 Å². The molecule has 43 heavy (non-hydrogen) atoms. The second-order valence-electron chi connectivity index (χ2n) is 11.4. The van der Waals surface area contributed by atoms with Gasteiger partial charge in [-0.25, -0.2) is 19.3 Å². The van der Waals surface area contributed by atoms with Crippen molar-refractivity contribution < 1.29 is 22.4 Å². The summed E-state index contributed by atoms with van der Waals surface area (Å²) in [5, 5.41) is 3.38. The van der Waals surface area contributed by atoms with Gasteiger partial charge in [0, 0.05) is 48.7 Å². The van der Waals surface area contributed by atoms with Gasteiger partial charge in [0.05, 0.1) is 30.2 Å². The second-order valence-corrected chi connectivity index (χ2v) is 12.4. The molecule has 2 aliphatic heterocycles. The molecule has 0 aliphatic carbocycles. The minimum absolute atomic E-state index is 0.0519. The van der Waals surface area contributed by atoms with E-state index in [0.29, 0.717) is 28.7 Å². The first-order valence-electron chi connectivity index (χ1n) is 14.7. The molecule has 4 heterocycles. The third-order valence-electron chi connectivity index (χ3n) is 8.10. The average Bonchev–Trinajstić information content (AvgIpc) is 3.57. The second kappa shape index (κ2) is 13.2. The van der Waals surface area contributed by atoms with Gasteiger partial charge in [0.15, 0.2) is 5.13 Å². The maximum absolute atomic E-state index is 14.3. The third-order valence-corrected chi connectivity index (χ3v) is 9.10. The molecular formula is C30H37F4N7OS. The van der Waals surface area contributed by atoms with Crippen LogP contribution in [-0.2, 0) is 12.7 Å². The lowest BCUT2D eigenvalue weighted by Gasteiger charge is -2.40. The molecule has 3 aromatic rings. The monoisotopic (exact) mass is 619 g/mol. The number of thiazole rings is 1. The highest BCUT2D eigenvalue weighted by Gasteiger charge is 2.32. The van der Waals surface area contributed by atoms with E-state index in [1.165, 1.54) is 17.5 Å². The van der Waals surface area contributed by atoms with Crippen LogP contribution in [0.5, 0.6) is 0 Å². The van der Waals surface area contributed by atoms with Crippen molar-refractivity contribution in [1.82, 2.24) is 24.8 Å². The summed E-state index contributed by atoms with van der Waals surface area (Å²) in [5.41, 5.74) is -0.534. The van der Waals surface area contributed by atoms with Crippen LogP contribution in [0.1, 0.15) is 61.0 Å². The smallest absolute Gasteiger partial charge is 0.354 e. The third kappa shape index (κ3) is 7.50. The van der Waals surface area contributed by atoms with E-state index in [2.05, 4.69) is 55.7 Å². The van der Waals surface area contributed by atoms with E-state index in [0.717, 1.165) is 69.9 Å². The number of nitrogens with zero attached hydrogens (tertiary/aromatic N) is 6. The number of halogens is 4. The zero-order valence-corrected chi connectivity index (χ0v) is 25.4. The Morgan fingerprint density at radius 1 is 1.09 bits per heavy atom. The van der Waals surface area contributed by atoms with Gasteiger partial charge in [-0.3, -0.25) is 14.6 Å². The molecule has 0 unspecified atom stereocenters. The Morgan fingerprint density at radius 3 is 2.56 bits per heavy atom. The Balaban J connectivity index is 1.30. The van der Waals surface area contributed by atoms with Gasteiger partial charge in [-0.05, 0) is 64.4 Å². The Kier molecular flexibility index (Phi) is 9.62. The summed E-state index contributed by atoms with van der Waals surface area (Å²) < 4.78 is 54.7. The number of anilines is 2. The van der Waals surface area contributed by atoms with Crippen LogP contribution in [0.4, 0.5) is 28.5 Å². The van der Waals surface area contributed by atoms with Gasteiger partial charge in [0.25, 0.3) is 0 Å².